The number of hydrogen-bond donors (Lipinski definition) is 6. The van der Waals surface area contributed by atoms with Crippen molar-refractivity contribution in [3.8, 4) is 0 Å². The average molecular weight is 461 g/mol. The predicted octanol–water partition coefficient (Wildman–Crippen LogP) is -2.25. The summed E-state index contributed by atoms with van der Waals surface area (Å²) >= 11 is 0. The van der Waals surface area contributed by atoms with Gasteiger partial charge >= 0.3 is 7.82 Å². The Kier molecular flexibility index (Phi) is 7.18. The van der Waals surface area contributed by atoms with Gasteiger partial charge in [0.2, 0.25) is 5.91 Å². The van der Waals surface area contributed by atoms with Gasteiger partial charge in [-0.3, -0.25) is 18.4 Å². The van der Waals surface area contributed by atoms with Crippen LogP contribution >= 0.6 is 7.82 Å². The molecule has 1 amide bonds. The highest BCUT2D eigenvalue weighted by atomic mass is 31.2. The summed E-state index contributed by atoms with van der Waals surface area (Å²) < 4.78 is 28.6. The fraction of sp³-hybridized carbons (Fsp3) is 0.600. The average Bonchev–Trinajstić information content (AvgIpc) is 3.26. The topological polar surface area (TPSA) is 244 Å². The molecule has 16 heteroatoms. The lowest BCUT2D eigenvalue weighted by Gasteiger charge is -2.19. The van der Waals surface area contributed by atoms with Gasteiger partial charge in [0.05, 0.1) is 19.5 Å². The first-order chi connectivity index (χ1) is 14.6. The second-order valence-electron chi connectivity index (χ2n) is 6.95. The number of ether oxygens (including phenoxy) is 1. The molecule has 172 valence electrons. The first-order valence-corrected chi connectivity index (χ1v) is 10.7. The van der Waals surface area contributed by atoms with Crippen LogP contribution in [0.4, 0.5) is 5.82 Å². The highest BCUT2D eigenvalue weighted by Crippen LogP contribution is 2.44. The summed E-state index contributed by atoms with van der Waals surface area (Å²) in [6.45, 7) is -0.925. The molecule has 31 heavy (non-hydrogen) atoms. The van der Waals surface area contributed by atoms with Crippen LogP contribution in [0.5, 0.6) is 0 Å². The molecule has 1 aliphatic heterocycles. The minimum absolute atomic E-state index is 0.00198. The summed E-state index contributed by atoms with van der Waals surface area (Å²) in [5.41, 5.74) is 17.0. The Bertz CT molecular complexity index is 974. The molecule has 15 nitrogen and oxygen atoms in total. The zero-order valence-electron chi connectivity index (χ0n) is 16.2. The van der Waals surface area contributed by atoms with Crippen molar-refractivity contribution in [1.29, 1.82) is 0 Å². The normalized spacial score (nSPS) is 26.7. The van der Waals surface area contributed by atoms with Crippen LogP contribution in [0.1, 0.15) is 19.1 Å². The van der Waals surface area contributed by atoms with E-state index in [1.807, 2.05) is 0 Å². The number of rotatable bonds is 10. The maximum Gasteiger partial charge on any atom is 0.472 e. The van der Waals surface area contributed by atoms with E-state index in [1.54, 1.807) is 0 Å². The Labute approximate surface area is 175 Å². The largest absolute Gasteiger partial charge is 0.472 e. The summed E-state index contributed by atoms with van der Waals surface area (Å²) in [5, 5.41) is 20.6. The molecule has 2 unspecified atom stereocenters. The Morgan fingerprint density at radius 3 is 2.74 bits per heavy atom. The molecule has 0 saturated carbocycles. The zero-order chi connectivity index (χ0) is 22.8. The SMILES string of the molecule is NC(=O)CCC(N)COP(=O)(O)OC[C@H]1O[C@@H](n2cnc3c(N)ncnc32)[C@H](O)[C@@H]1O. The summed E-state index contributed by atoms with van der Waals surface area (Å²) in [6.07, 6.45) is -2.44. The summed E-state index contributed by atoms with van der Waals surface area (Å²) in [7, 11) is -4.54. The molecule has 2 aromatic rings. The number of fused-ring (bicyclic) bond motifs is 1. The van der Waals surface area contributed by atoms with E-state index in [2.05, 4.69) is 15.0 Å². The van der Waals surface area contributed by atoms with Crippen LogP contribution in [0.2, 0.25) is 0 Å². The lowest BCUT2D eigenvalue weighted by Crippen LogP contribution is -2.33. The molecule has 0 aliphatic carbocycles. The van der Waals surface area contributed by atoms with Crippen LogP contribution in [-0.4, -0.2) is 78.1 Å². The van der Waals surface area contributed by atoms with E-state index < -0.39 is 50.9 Å². The third-order valence-corrected chi connectivity index (χ3v) is 5.56. The van der Waals surface area contributed by atoms with Gasteiger partial charge in [-0.05, 0) is 6.42 Å². The number of aliphatic hydroxyl groups excluding tert-OH is 2. The first kappa shape index (κ1) is 23.4. The molecule has 3 rings (SSSR count). The highest BCUT2D eigenvalue weighted by molar-refractivity contribution is 7.47. The standard InChI is InChI=1S/C15H24N7O8P/c16-7(1-2-9(17)23)3-28-31(26,27)29-4-8-11(24)12(25)15(30-8)22-6-21-10-13(18)19-5-20-14(10)22/h5-8,11-12,15,24-25H,1-4,16H2,(H2,17,23)(H,26,27)(H2,18,19,20)/t7?,8-,11-,12-,15-/m1/s1. The minimum Gasteiger partial charge on any atom is -0.387 e. The van der Waals surface area contributed by atoms with Crippen molar-refractivity contribution < 1.29 is 38.3 Å². The van der Waals surface area contributed by atoms with Crippen LogP contribution in [0.3, 0.4) is 0 Å². The second-order valence-corrected chi connectivity index (χ2v) is 8.41. The molecule has 1 fully saturated rings. The lowest BCUT2D eigenvalue weighted by atomic mass is 10.1. The Hall–Kier alpha value is -2.23. The second kappa shape index (κ2) is 9.50. The molecule has 9 N–H and O–H groups in total. The van der Waals surface area contributed by atoms with E-state index >= 15 is 0 Å². The number of primary amides is 1. The van der Waals surface area contributed by atoms with Crippen LogP contribution in [0, 0.1) is 0 Å². The number of hydrogen-bond acceptors (Lipinski definition) is 12. The van der Waals surface area contributed by atoms with E-state index in [0.29, 0.717) is 0 Å². The Morgan fingerprint density at radius 2 is 2.03 bits per heavy atom. The number of nitrogens with zero attached hydrogens (tertiary/aromatic N) is 4. The summed E-state index contributed by atoms with van der Waals surface area (Å²) in [5.74, 6) is -0.428. The maximum absolute atomic E-state index is 12.0. The molecule has 2 aromatic heterocycles. The Balaban J connectivity index is 1.58. The van der Waals surface area contributed by atoms with Gasteiger partial charge < -0.3 is 37.0 Å². The smallest absolute Gasteiger partial charge is 0.387 e. The van der Waals surface area contributed by atoms with Gasteiger partial charge in [0.1, 0.15) is 30.2 Å². The molecule has 0 bridgehead atoms. The first-order valence-electron chi connectivity index (χ1n) is 9.19. The molecular formula is C15H24N7O8P. The quantitative estimate of drug-likeness (QED) is 0.205. The van der Waals surface area contributed by atoms with E-state index in [0.717, 1.165) is 0 Å². The van der Waals surface area contributed by atoms with Gasteiger partial charge in [-0.1, -0.05) is 0 Å². The minimum atomic E-state index is -4.54. The number of nitrogen functional groups attached to an aromatic ring is 1. The van der Waals surface area contributed by atoms with Gasteiger partial charge in [-0.25, -0.2) is 19.5 Å². The highest BCUT2D eigenvalue weighted by Gasteiger charge is 2.45. The van der Waals surface area contributed by atoms with Crippen molar-refractivity contribution in [1.82, 2.24) is 19.5 Å². The van der Waals surface area contributed by atoms with E-state index in [-0.39, 0.29) is 36.4 Å². The molecule has 0 spiro atoms. The van der Waals surface area contributed by atoms with Crippen LogP contribution in [0.15, 0.2) is 12.7 Å². The predicted molar refractivity (Wildman–Crippen MR) is 104 cm³/mol. The van der Waals surface area contributed by atoms with Crippen LogP contribution in [-0.2, 0) is 23.1 Å². The fourth-order valence-corrected chi connectivity index (χ4v) is 3.75. The molecule has 0 aromatic carbocycles. The fourth-order valence-electron chi connectivity index (χ4n) is 2.96. The number of nitrogens with two attached hydrogens (primary N) is 3. The van der Waals surface area contributed by atoms with Crippen molar-refractivity contribution >= 4 is 30.7 Å². The number of anilines is 1. The third kappa shape index (κ3) is 5.53. The van der Waals surface area contributed by atoms with Gasteiger partial charge in [0.25, 0.3) is 0 Å². The molecule has 1 aliphatic rings. The monoisotopic (exact) mass is 461 g/mol. The van der Waals surface area contributed by atoms with Gasteiger partial charge in [-0.2, -0.15) is 0 Å². The molecule has 3 heterocycles. The van der Waals surface area contributed by atoms with Crippen LogP contribution in [0.25, 0.3) is 11.2 Å². The maximum atomic E-state index is 12.0. The van der Waals surface area contributed by atoms with E-state index in [4.69, 9.17) is 31.0 Å². The van der Waals surface area contributed by atoms with E-state index in [9.17, 15) is 24.5 Å². The molecule has 1 saturated heterocycles. The van der Waals surface area contributed by atoms with Crippen molar-refractivity contribution in [2.24, 2.45) is 11.5 Å². The van der Waals surface area contributed by atoms with Crippen molar-refractivity contribution in [2.45, 2.75) is 43.4 Å². The lowest BCUT2D eigenvalue weighted by molar-refractivity contribution is -0.118. The van der Waals surface area contributed by atoms with Gasteiger partial charge in [0.15, 0.2) is 17.7 Å². The number of imidazole rings is 1. The zero-order valence-corrected chi connectivity index (χ0v) is 17.1. The van der Waals surface area contributed by atoms with Crippen molar-refractivity contribution in [3.05, 3.63) is 12.7 Å². The van der Waals surface area contributed by atoms with Crippen molar-refractivity contribution in [2.75, 3.05) is 18.9 Å². The third-order valence-electron chi connectivity index (χ3n) is 4.61. The van der Waals surface area contributed by atoms with Gasteiger partial charge in [0, 0.05) is 12.5 Å². The van der Waals surface area contributed by atoms with Crippen LogP contribution < -0.4 is 17.2 Å². The Morgan fingerprint density at radius 1 is 1.29 bits per heavy atom. The molecular weight excluding hydrogens is 437 g/mol. The number of amides is 1. The number of aliphatic hydroxyl groups is 2. The number of aromatic nitrogens is 4. The molecule has 6 atom stereocenters. The number of carbonyl (C=O) groups excluding carboxylic acids is 1. The number of carbonyl (C=O) groups is 1. The summed E-state index contributed by atoms with van der Waals surface area (Å²) in [6, 6.07) is -0.708. The number of phosphoric acid groups is 1. The summed E-state index contributed by atoms with van der Waals surface area (Å²) in [4.78, 5) is 32.4. The number of phosphoric ester groups is 1. The van der Waals surface area contributed by atoms with E-state index in [1.165, 1.54) is 17.2 Å². The van der Waals surface area contributed by atoms with Gasteiger partial charge in [-0.15, -0.1) is 0 Å². The molecule has 0 radical (unpaired) electrons. The van der Waals surface area contributed by atoms with Crippen molar-refractivity contribution in [3.63, 3.8) is 0 Å².